The Hall–Kier alpha value is -1.29. The van der Waals surface area contributed by atoms with Gasteiger partial charge in [-0.05, 0) is 38.5 Å². The zero-order valence-corrected chi connectivity index (χ0v) is 32.8. The van der Waals surface area contributed by atoms with Crippen LogP contribution >= 0.6 is 7.82 Å². The first-order valence-corrected chi connectivity index (χ1v) is 21.6. The van der Waals surface area contributed by atoms with Gasteiger partial charge in [0.2, 0.25) is 0 Å². The number of hydrogen-bond acceptors (Lipinski definition) is 9. The second-order valence-corrected chi connectivity index (χ2v) is 15.1. The van der Waals surface area contributed by atoms with E-state index in [1.165, 1.54) is 103 Å². The number of hydrogen-bond donors (Lipinski definition) is 3. The lowest BCUT2D eigenvalue weighted by Gasteiger charge is -2.20. The number of ether oxygens (including phenoxy) is 2. The van der Waals surface area contributed by atoms with Gasteiger partial charge in [0.05, 0.1) is 19.8 Å². The Morgan fingerprint density at radius 1 is 0.580 bits per heavy atom. The number of allylic oxidation sites excluding steroid dienone is 2. The van der Waals surface area contributed by atoms with E-state index in [-0.39, 0.29) is 19.4 Å². The third-order valence-electron chi connectivity index (χ3n) is 8.67. The van der Waals surface area contributed by atoms with E-state index >= 15 is 0 Å². The van der Waals surface area contributed by atoms with Crippen LogP contribution in [-0.4, -0.2) is 65.7 Å². The lowest BCUT2D eigenvalue weighted by atomic mass is 10.1. The second-order valence-electron chi connectivity index (χ2n) is 13.7. The summed E-state index contributed by atoms with van der Waals surface area (Å²) in [5.41, 5.74) is 0. The number of phosphoric acid groups is 1. The number of unbranched alkanes of at least 4 members (excludes halogenated alkanes) is 22. The van der Waals surface area contributed by atoms with Crippen molar-refractivity contribution >= 4 is 19.8 Å². The predicted octanol–water partition coefficient (Wildman–Crippen LogP) is 10.1. The third kappa shape index (κ3) is 35.1. The van der Waals surface area contributed by atoms with E-state index < -0.39 is 51.8 Å². The molecule has 0 aliphatic carbocycles. The number of carbonyl (C=O) groups excluding carboxylic acids is 2. The highest BCUT2D eigenvalue weighted by atomic mass is 31.2. The molecule has 3 atom stereocenters. The quantitative estimate of drug-likeness (QED) is 0.0242. The smallest absolute Gasteiger partial charge is 0.462 e. The Morgan fingerprint density at radius 3 is 1.44 bits per heavy atom. The zero-order chi connectivity index (χ0) is 37.0. The Kier molecular flexibility index (Phi) is 35.2. The number of carbonyl (C=O) groups is 2. The average molecular weight is 735 g/mol. The van der Waals surface area contributed by atoms with E-state index in [9.17, 15) is 24.2 Å². The van der Waals surface area contributed by atoms with Crippen molar-refractivity contribution < 1.29 is 47.8 Å². The summed E-state index contributed by atoms with van der Waals surface area (Å²) in [6.07, 6.45) is 31.8. The van der Waals surface area contributed by atoms with E-state index in [2.05, 4.69) is 30.5 Å². The molecule has 0 aromatic rings. The van der Waals surface area contributed by atoms with Gasteiger partial charge in [-0.3, -0.25) is 18.6 Å². The highest BCUT2D eigenvalue weighted by Gasteiger charge is 2.27. The summed E-state index contributed by atoms with van der Waals surface area (Å²) >= 11 is 0. The molecule has 296 valence electrons. The Bertz CT molecular complexity index is 853. The van der Waals surface area contributed by atoms with Crippen molar-refractivity contribution in [3.05, 3.63) is 12.2 Å². The van der Waals surface area contributed by atoms with Crippen LogP contribution < -0.4 is 0 Å². The highest BCUT2D eigenvalue weighted by molar-refractivity contribution is 7.47. The van der Waals surface area contributed by atoms with E-state index in [1.807, 2.05) is 0 Å². The number of phosphoric ester groups is 1. The summed E-state index contributed by atoms with van der Waals surface area (Å²) in [4.78, 5) is 34.8. The maximum absolute atomic E-state index is 12.6. The fourth-order valence-corrected chi connectivity index (χ4v) is 6.31. The third-order valence-corrected chi connectivity index (χ3v) is 9.62. The minimum Gasteiger partial charge on any atom is -0.462 e. The molecular weight excluding hydrogens is 659 g/mol. The van der Waals surface area contributed by atoms with Crippen LogP contribution in [0.3, 0.4) is 0 Å². The molecule has 0 amide bonds. The van der Waals surface area contributed by atoms with Gasteiger partial charge in [-0.25, -0.2) is 4.57 Å². The van der Waals surface area contributed by atoms with Gasteiger partial charge >= 0.3 is 19.8 Å². The van der Waals surface area contributed by atoms with Gasteiger partial charge in [0, 0.05) is 12.8 Å². The van der Waals surface area contributed by atoms with Gasteiger partial charge in [-0.2, -0.15) is 0 Å². The van der Waals surface area contributed by atoms with Crippen molar-refractivity contribution in [3.63, 3.8) is 0 Å². The number of aliphatic hydroxyl groups excluding tert-OH is 2. The monoisotopic (exact) mass is 735 g/mol. The minimum absolute atomic E-state index is 0.183. The molecule has 0 bridgehead atoms. The highest BCUT2D eigenvalue weighted by Crippen LogP contribution is 2.43. The lowest BCUT2D eigenvalue weighted by Crippen LogP contribution is -2.29. The maximum Gasteiger partial charge on any atom is 0.472 e. The fraction of sp³-hybridized carbons (Fsp3) is 0.897. The van der Waals surface area contributed by atoms with E-state index in [4.69, 9.17) is 19.1 Å². The van der Waals surface area contributed by atoms with Gasteiger partial charge in [0.15, 0.2) is 6.10 Å². The van der Waals surface area contributed by atoms with Crippen LogP contribution in [-0.2, 0) is 32.7 Å². The van der Waals surface area contributed by atoms with Gasteiger partial charge in [-0.1, -0.05) is 148 Å². The SMILES string of the molecule is CCCCCCCC/C=C\CCCCCCCCCC(=O)OC(COC(=O)CCCCCCCCCCCC)COP(=O)(O)OCC(O)CO. The molecule has 50 heavy (non-hydrogen) atoms. The topological polar surface area (TPSA) is 149 Å². The van der Waals surface area contributed by atoms with Crippen LogP contribution in [0.2, 0.25) is 0 Å². The van der Waals surface area contributed by atoms with Crippen molar-refractivity contribution in [1.82, 2.24) is 0 Å². The Morgan fingerprint density at radius 2 is 0.980 bits per heavy atom. The fourth-order valence-electron chi connectivity index (χ4n) is 5.52. The van der Waals surface area contributed by atoms with Gasteiger partial charge < -0.3 is 24.6 Å². The summed E-state index contributed by atoms with van der Waals surface area (Å²) < 4.78 is 32.6. The summed E-state index contributed by atoms with van der Waals surface area (Å²) in [7, 11) is -4.61. The largest absolute Gasteiger partial charge is 0.472 e. The molecule has 0 spiro atoms. The molecule has 10 nitrogen and oxygen atoms in total. The first-order chi connectivity index (χ1) is 24.2. The molecule has 0 aliphatic heterocycles. The maximum atomic E-state index is 12.6. The van der Waals surface area contributed by atoms with Crippen molar-refractivity contribution in [3.8, 4) is 0 Å². The van der Waals surface area contributed by atoms with Crippen LogP contribution in [0.25, 0.3) is 0 Å². The van der Waals surface area contributed by atoms with E-state index in [0.717, 1.165) is 44.9 Å². The van der Waals surface area contributed by atoms with Gasteiger partial charge in [0.25, 0.3) is 0 Å². The molecule has 3 N–H and O–H groups in total. The van der Waals surface area contributed by atoms with E-state index in [0.29, 0.717) is 12.8 Å². The van der Waals surface area contributed by atoms with Crippen LogP contribution in [0.15, 0.2) is 12.2 Å². The molecule has 0 aromatic heterocycles. The first kappa shape index (κ1) is 48.7. The van der Waals surface area contributed by atoms with Gasteiger partial charge in [-0.15, -0.1) is 0 Å². The zero-order valence-electron chi connectivity index (χ0n) is 31.9. The Balaban J connectivity index is 4.30. The Labute approximate surface area is 305 Å². The molecule has 3 unspecified atom stereocenters. The van der Waals surface area contributed by atoms with Crippen molar-refractivity contribution in [2.45, 2.75) is 199 Å². The summed E-state index contributed by atoms with van der Waals surface area (Å²) in [6.45, 7) is 2.36. The summed E-state index contributed by atoms with van der Waals surface area (Å²) in [6, 6.07) is 0. The number of aliphatic hydroxyl groups is 2. The molecule has 0 saturated heterocycles. The molecule has 11 heteroatoms. The van der Waals surface area contributed by atoms with Crippen molar-refractivity contribution in [2.24, 2.45) is 0 Å². The molecule has 0 heterocycles. The molecule has 0 fully saturated rings. The first-order valence-electron chi connectivity index (χ1n) is 20.1. The molecule has 0 saturated carbocycles. The van der Waals surface area contributed by atoms with Gasteiger partial charge in [0.1, 0.15) is 12.7 Å². The van der Waals surface area contributed by atoms with Crippen LogP contribution in [0.5, 0.6) is 0 Å². The second kappa shape index (κ2) is 36.1. The summed E-state index contributed by atoms with van der Waals surface area (Å²) in [5.74, 6) is -0.925. The number of esters is 2. The van der Waals surface area contributed by atoms with Crippen molar-refractivity contribution in [1.29, 1.82) is 0 Å². The normalized spacial score (nSPS) is 14.1. The molecule has 0 rings (SSSR count). The van der Waals surface area contributed by atoms with Crippen molar-refractivity contribution in [2.75, 3.05) is 26.4 Å². The lowest BCUT2D eigenvalue weighted by molar-refractivity contribution is -0.161. The van der Waals surface area contributed by atoms with E-state index in [1.54, 1.807) is 0 Å². The van der Waals surface area contributed by atoms with Crippen LogP contribution in [0, 0.1) is 0 Å². The average Bonchev–Trinajstić information content (AvgIpc) is 3.10. The minimum atomic E-state index is -4.61. The standard InChI is InChI=1S/C39H75O10P/c1-3-5-7-9-11-13-15-16-17-18-19-20-21-23-25-27-29-31-39(43)49-37(35-48-50(44,45)47-33-36(41)32-40)34-46-38(42)30-28-26-24-22-14-12-10-8-6-4-2/h16-17,36-37,40-41H,3-15,18-35H2,1-2H3,(H,44,45)/b17-16-. The predicted molar refractivity (Wildman–Crippen MR) is 201 cm³/mol. The molecular formula is C39H75O10P. The molecule has 0 aliphatic rings. The van der Waals surface area contributed by atoms with Crippen LogP contribution in [0.4, 0.5) is 0 Å². The molecule has 0 radical (unpaired) electrons. The molecule has 0 aromatic carbocycles. The van der Waals surface area contributed by atoms with Crippen LogP contribution in [0.1, 0.15) is 187 Å². The number of rotatable bonds is 38. The summed E-state index contributed by atoms with van der Waals surface area (Å²) in [5, 5.41) is 18.3.